The van der Waals surface area contributed by atoms with E-state index in [1.54, 1.807) is 0 Å². The summed E-state index contributed by atoms with van der Waals surface area (Å²) in [6.07, 6.45) is 1.59. The molecule has 272 valence electrons. The van der Waals surface area contributed by atoms with Gasteiger partial charge in [0.25, 0.3) is 5.91 Å². The minimum atomic E-state index is -0.0979. The number of ether oxygens (including phenoxy) is 3. The maximum atomic E-state index is 14.4. The van der Waals surface area contributed by atoms with Crippen LogP contribution >= 0.6 is 0 Å². The zero-order valence-corrected chi connectivity index (χ0v) is 30.7. The van der Waals surface area contributed by atoms with Gasteiger partial charge >= 0.3 is 5.97 Å². The predicted molar refractivity (Wildman–Crippen MR) is 206 cm³/mol. The molecular weight excluding hydrogens is 661 g/mol. The molecule has 1 amide bonds. The minimum absolute atomic E-state index is 0.0523. The highest BCUT2D eigenvalue weighted by atomic mass is 16.5. The van der Waals surface area contributed by atoms with Crippen LogP contribution < -0.4 is 9.47 Å². The second kappa shape index (κ2) is 17.0. The molecule has 1 saturated heterocycles. The van der Waals surface area contributed by atoms with Gasteiger partial charge in [-0.2, -0.15) is 0 Å². The number of hydrogen-bond acceptors (Lipinski definition) is 6. The van der Waals surface area contributed by atoms with Crippen LogP contribution in [0.25, 0.3) is 0 Å². The van der Waals surface area contributed by atoms with Gasteiger partial charge in [-0.05, 0) is 76.9 Å². The summed E-state index contributed by atoms with van der Waals surface area (Å²) in [7, 11) is 0. The molecule has 2 aliphatic rings. The molecular formula is C46H48N2O5. The molecule has 0 N–H and O–H groups in total. The first-order valence-electron chi connectivity index (χ1n) is 18.7. The summed E-state index contributed by atoms with van der Waals surface area (Å²) in [6, 6.07) is 40.4. The number of fused-ring (bicyclic) bond motifs is 1. The summed E-state index contributed by atoms with van der Waals surface area (Å²) in [5, 5.41) is 0. The Balaban J connectivity index is 1.01. The van der Waals surface area contributed by atoms with E-state index in [0.29, 0.717) is 44.2 Å². The van der Waals surface area contributed by atoms with Gasteiger partial charge in [0.1, 0.15) is 31.3 Å². The number of carbonyl (C=O) groups excluding carboxylic acids is 2. The number of carbonyl (C=O) groups is 2. The van der Waals surface area contributed by atoms with Crippen LogP contribution in [-0.2, 0) is 49.0 Å². The van der Waals surface area contributed by atoms with Gasteiger partial charge in [-0.1, -0.05) is 123 Å². The van der Waals surface area contributed by atoms with Crippen LogP contribution in [0.2, 0.25) is 0 Å². The first-order chi connectivity index (χ1) is 25.9. The van der Waals surface area contributed by atoms with E-state index in [-0.39, 0.29) is 23.7 Å². The van der Waals surface area contributed by atoms with Crippen molar-refractivity contribution in [2.75, 3.05) is 13.1 Å². The molecule has 5 aromatic carbocycles. The fourth-order valence-corrected chi connectivity index (χ4v) is 7.20. The normalized spacial score (nSPS) is 14.6. The molecule has 0 atom stereocenters. The molecule has 0 spiro atoms. The van der Waals surface area contributed by atoms with Crippen LogP contribution in [0.1, 0.15) is 81.9 Å². The fourth-order valence-electron chi connectivity index (χ4n) is 7.20. The molecule has 5 aromatic rings. The second-order valence-electron chi connectivity index (χ2n) is 14.5. The van der Waals surface area contributed by atoms with Crippen LogP contribution in [0.4, 0.5) is 0 Å². The van der Waals surface area contributed by atoms with Gasteiger partial charge in [0.05, 0.1) is 11.5 Å². The molecule has 53 heavy (non-hydrogen) atoms. The van der Waals surface area contributed by atoms with Gasteiger partial charge < -0.3 is 19.1 Å². The summed E-state index contributed by atoms with van der Waals surface area (Å²) in [6.45, 7) is 8.93. The van der Waals surface area contributed by atoms with Crippen molar-refractivity contribution in [3.8, 4) is 11.5 Å². The number of nitrogens with zero attached hydrogens (tertiary/aromatic N) is 2. The summed E-state index contributed by atoms with van der Waals surface area (Å²) in [5.41, 5.74) is 8.20. The zero-order chi connectivity index (χ0) is 36.6. The molecule has 2 heterocycles. The van der Waals surface area contributed by atoms with Crippen LogP contribution in [0.5, 0.6) is 11.5 Å². The van der Waals surface area contributed by atoms with Crippen LogP contribution in [0.15, 0.2) is 121 Å². The Hall–Kier alpha value is -5.40. The van der Waals surface area contributed by atoms with E-state index in [1.165, 1.54) is 16.7 Å². The standard InChI is InChI=1S/C46H48N2O5/c1-33(2)41-25-42(44(52-31-35-14-8-4-9-15-35)26-43(41)51-30-34-12-6-3-7-13-34)45(49)48-28-39-19-18-37(24-40(39)29-48)27-47-22-20-38(21-23-47)46(50)53-32-36-16-10-5-11-17-36/h3-19,24-26,33,38H,20-23,27-32H2,1-2H3. The Kier molecular flexibility index (Phi) is 11.5. The number of piperidine rings is 1. The van der Waals surface area contributed by atoms with Crippen molar-refractivity contribution in [1.82, 2.24) is 9.80 Å². The third-order valence-electron chi connectivity index (χ3n) is 10.3. The monoisotopic (exact) mass is 708 g/mol. The molecule has 0 saturated carbocycles. The summed E-state index contributed by atoms with van der Waals surface area (Å²) < 4.78 is 18.4. The molecule has 0 bridgehead atoms. The summed E-state index contributed by atoms with van der Waals surface area (Å²) in [5.74, 6) is 1.18. The Morgan fingerprint density at radius 1 is 0.642 bits per heavy atom. The van der Waals surface area contributed by atoms with Gasteiger partial charge in [-0.3, -0.25) is 14.5 Å². The van der Waals surface area contributed by atoms with Crippen molar-refractivity contribution in [1.29, 1.82) is 0 Å². The van der Waals surface area contributed by atoms with Gasteiger partial charge in [0.2, 0.25) is 0 Å². The first kappa shape index (κ1) is 36.0. The van der Waals surface area contributed by atoms with Crippen molar-refractivity contribution in [3.05, 3.63) is 166 Å². The molecule has 7 rings (SSSR count). The van der Waals surface area contributed by atoms with Gasteiger partial charge in [0, 0.05) is 25.7 Å². The van der Waals surface area contributed by atoms with E-state index in [2.05, 4.69) is 36.9 Å². The minimum Gasteiger partial charge on any atom is -0.488 e. The second-order valence-corrected chi connectivity index (χ2v) is 14.5. The largest absolute Gasteiger partial charge is 0.488 e. The van der Waals surface area contributed by atoms with Crippen LogP contribution in [0.3, 0.4) is 0 Å². The van der Waals surface area contributed by atoms with E-state index in [4.69, 9.17) is 14.2 Å². The van der Waals surface area contributed by atoms with Crippen molar-refractivity contribution in [2.24, 2.45) is 5.92 Å². The number of benzene rings is 5. The Morgan fingerprint density at radius 2 is 1.21 bits per heavy atom. The Morgan fingerprint density at radius 3 is 1.81 bits per heavy atom. The molecule has 2 aliphatic heterocycles. The molecule has 0 aliphatic carbocycles. The number of amides is 1. The average molecular weight is 709 g/mol. The lowest BCUT2D eigenvalue weighted by atomic mass is 9.96. The number of hydrogen-bond donors (Lipinski definition) is 0. The molecule has 0 unspecified atom stereocenters. The highest BCUT2D eigenvalue weighted by Gasteiger charge is 2.30. The van der Waals surface area contributed by atoms with E-state index in [1.807, 2.05) is 108 Å². The lowest BCUT2D eigenvalue weighted by Gasteiger charge is -2.31. The average Bonchev–Trinajstić information content (AvgIpc) is 3.63. The van der Waals surface area contributed by atoms with E-state index >= 15 is 0 Å². The lowest BCUT2D eigenvalue weighted by molar-refractivity contribution is -0.151. The number of esters is 1. The third-order valence-corrected chi connectivity index (χ3v) is 10.3. The highest BCUT2D eigenvalue weighted by Crippen LogP contribution is 2.37. The molecule has 1 fully saturated rings. The summed E-state index contributed by atoms with van der Waals surface area (Å²) in [4.78, 5) is 31.5. The summed E-state index contributed by atoms with van der Waals surface area (Å²) >= 11 is 0. The quantitative estimate of drug-likeness (QED) is 0.114. The maximum Gasteiger partial charge on any atom is 0.309 e. The van der Waals surface area contributed by atoms with Crippen molar-refractivity contribution in [2.45, 2.75) is 72.1 Å². The first-order valence-corrected chi connectivity index (χ1v) is 18.7. The predicted octanol–water partition coefficient (Wildman–Crippen LogP) is 9.08. The zero-order valence-electron chi connectivity index (χ0n) is 30.7. The third kappa shape index (κ3) is 9.16. The highest BCUT2D eigenvalue weighted by molar-refractivity contribution is 5.98. The number of likely N-dealkylation sites (tertiary alicyclic amines) is 1. The molecule has 0 radical (unpaired) electrons. The van der Waals surface area contributed by atoms with Gasteiger partial charge in [-0.25, -0.2) is 0 Å². The van der Waals surface area contributed by atoms with Crippen LogP contribution in [-0.4, -0.2) is 34.8 Å². The van der Waals surface area contributed by atoms with Crippen molar-refractivity contribution in [3.63, 3.8) is 0 Å². The topological polar surface area (TPSA) is 68.3 Å². The Bertz CT molecular complexity index is 1990. The van der Waals surface area contributed by atoms with E-state index < -0.39 is 0 Å². The van der Waals surface area contributed by atoms with Crippen molar-refractivity contribution < 1.29 is 23.8 Å². The van der Waals surface area contributed by atoms with E-state index in [9.17, 15) is 9.59 Å². The van der Waals surface area contributed by atoms with Gasteiger partial charge in [-0.15, -0.1) is 0 Å². The van der Waals surface area contributed by atoms with Gasteiger partial charge in [0.15, 0.2) is 0 Å². The molecule has 0 aromatic heterocycles. The Labute approximate surface area is 313 Å². The SMILES string of the molecule is CC(C)c1cc(C(=O)N2Cc3ccc(CN4CCC(C(=O)OCc5ccccc5)CC4)cc3C2)c(OCc2ccccc2)cc1OCc1ccccc1. The number of rotatable bonds is 13. The molecule has 7 nitrogen and oxygen atoms in total. The lowest BCUT2D eigenvalue weighted by Crippen LogP contribution is -2.36. The molecule has 7 heteroatoms. The van der Waals surface area contributed by atoms with Crippen LogP contribution in [0, 0.1) is 5.92 Å². The fraction of sp³-hybridized carbons (Fsp3) is 0.304. The smallest absolute Gasteiger partial charge is 0.309 e. The maximum absolute atomic E-state index is 14.4. The van der Waals surface area contributed by atoms with E-state index in [0.717, 1.165) is 60.5 Å². The van der Waals surface area contributed by atoms with Crippen molar-refractivity contribution >= 4 is 11.9 Å².